The Labute approximate surface area is 92.9 Å². The van der Waals surface area contributed by atoms with Crippen molar-refractivity contribution < 1.29 is 9.46 Å². The molecule has 1 N–H and O–H groups in total. The van der Waals surface area contributed by atoms with Gasteiger partial charge in [-0.1, -0.05) is 0 Å². The zero-order chi connectivity index (χ0) is 10.7. The molecule has 0 aromatic heterocycles. The Balaban J connectivity index is 1.79. The molecule has 0 atom stereocenters. The first-order chi connectivity index (χ1) is 7.16. The lowest BCUT2D eigenvalue weighted by Gasteiger charge is -2.17. The van der Waals surface area contributed by atoms with Crippen LogP contribution in [0.25, 0.3) is 0 Å². The summed E-state index contributed by atoms with van der Waals surface area (Å²) in [6.07, 6.45) is 15.6. The van der Waals surface area contributed by atoms with Gasteiger partial charge in [-0.25, -0.2) is 0 Å². The predicted molar refractivity (Wildman–Crippen MR) is 60.4 cm³/mol. The van der Waals surface area contributed by atoms with Gasteiger partial charge in [0.2, 0.25) is 7.37 Å². The number of hydrogen-bond donors (Lipinski definition) is 1. The van der Waals surface area contributed by atoms with E-state index in [4.69, 9.17) is 0 Å². The van der Waals surface area contributed by atoms with E-state index in [-0.39, 0.29) is 12.3 Å². The van der Waals surface area contributed by atoms with Crippen molar-refractivity contribution in [2.24, 2.45) is 0 Å². The minimum absolute atomic E-state index is 0.269. The summed E-state index contributed by atoms with van der Waals surface area (Å²) in [6.45, 7) is 0. The van der Waals surface area contributed by atoms with Crippen molar-refractivity contribution in [1.82, 2.24) is 0 Å². The van der Waals surface area contributed by atoms with Gasteiger partial charge in [0.05, 0.1) is 0 Å². The maximum Gasteiger partial charge on any atom is 0.201 e. The van der Waals surface area contributed by atoms with Crippen molar-refractivity contribution in [3.8, 4) is 0 Å². The molecule has 2 aliphatic carbocycles. The summed E-state index contributed by atoms with van der Waals surface area (Å²) in [6, 6.07) is 0. The van der Waals surface area contributed by atoms with Gasteiger partial charge in [-0.15, -0.1) is 0 Å². The monoisotopic (exact) mass is 220 g/mol. The molecular formula is C12H13O2P. The van der Waals surface area contributed by atoms with Crippen LogP contribution in [0.2, 0.25) is 0 Å². The molecule has 0 saturated heterocycles. The quantitative estimate of drug-likeness (QED) is 0.736. The third kappa shape index (κ3) is 3.60. The van der Waals surface area contributed by atoms with Crippen LogP contribution < -0.4 is 0 Å². The molecule has 0 spiro atoms. The SMILES string of the molecule is O=P(O)(C[C]1[CH][CH][CH][CH]1)C[C]1[CH][CH][CH][CH]1. The molecule has 2 fully saturated rings. The molecule has 0 bridgehead atoms. The Hall–Kier alpha value is 0.190. The van der Waals surface area contributed by atoms with Crippen molar-refractivity contribution in [3.05, 3.63) is 63.2 Å². The summed E-state index contributed by atoms with van der Waals surface area (Å²) in [5, 5.41) is 0. The maximum atomic E-state index is 11.9. The van der Waals surface area contributed by atoms with Crippen LogP contribution in [0.3, 0.4) is 0 Å². The van der Waals surface area contributed by atoms with Gasteiger partial charge in [-0.2, -0.15) is 0 Å². The molecule has 2 saturated carbocycles. The summed E-state index contributed by atoms with van der Waals surface area (Å²) in [4.78, 5) is 9.81. The van der Waals surface area contributed by atoms with Crippen molar-refractivity contribution in [1.29, 1.82) is 0 Å². The minimum atomic E-state index is -3.07. The largest absolute Gasteiger partial charge is 0.344 e. The van der Waals surface area contributed by atoms with Crippen molar-refractivity contribution in [2.45, 2.75) is 0 Å². The fourth-order valence-corrected chi connectivity index (χ4v) is 3.34. The molecule has 2 aliphatic rings. The minimum Gasteiger partial charge on any atom is -0.344 e. The summed E-state index contributed by atoms with van der Waals surface area (Å²) in [5.74, 6) is 1.87. The van der Waals surface area contributed by atoms with Crippen LogP contribution in [-0.2, 0) is 4.57 Å². The average molecular weight is 220 g/mol. The first kappa shape index (κ1) is 11.7. The van der Waals surface area contributed by atoms with E-state index < -0.39 is 7.37 Å². The molecule has 0 aromatic rings. The molecule has 0 aliphatic heterocycles. The zero-order valence-corrected chi connectivity index (χ0v) is 9.23. The molecule has 3 heteroatoms. The molecular weight excluding hydrogens is 207 g/mol. The lowest BCUT2D eigenvalue weighted by atomic mass is 10.1. The van der Waals surface area contributed by atoms with Crippen molar-refractivity contribution in [3.63, 3.8) is 0 Å². The third-order valence-corrected chi connectivity index (χ3v) is 4.04. The number of rotatable bonds is 4. The lowest BCUT2D eigenvalue weighted by Crippen LogP contribution is -2.08. The van der Waals surface area contributed by atoms with Gasteiger partial charge in [0.25, 0.3) is 0 Å². The van der Waals surface area contributed by atoms with E-state index in [9.17, 15) is 9.46 Å². The second kappa shape index (κ2) is 5.01. The Bertz CT molecular complexity index is 218. The van der Waals surface area contributed by atoms with Gasteiger partial charge in [-0.05, 0) is 63.2 Å². The summed E-state index contributed by atoms with van der Waals surface area (Å²) < 4.78 is 11.9. The molecule has 2 nitrogen and oxygen atoms in total. The molecule has 78 valence electrons. The second-order valence-electron chi connectivity index (χ2n) is 3.75. The normalized spacial score (nSPS) is 25.1. The highest BCUT2D eigenvalue weighted by Crippen LogP contribution is 2.49. The van der Waals surface area contributed by atoms with E-state index in [1.807, 2.05) is 51.4 Å². The highest BCUT2D eigenvalue weighted by molar-refractivity contribution is 7.58. The predicted octanol–water partition coefficient (Wildman–Crippen LogP) is 2.07. The Morgan fingerprint density at radius 1 is 0.867 bits per heavy atom. The van der Waals surface area contributed by atoms with Crippen LogP contribution in [0.5, 0.6) is 0 Å². The second-order valence-corrected chi connectivity index (χ2v) is 6.07. The Morgan fingerprint density at radius 3 is 1.53 bits per heavy atom. The van der Waals surface area contributed by atoms with E-state index in [1.54, 1.807) is 0 Å². The number of hydrogen-bond acceptors (Lipinski definition) is 1. The third-order valence-electron chi connectivity index (χ3n) is 2.32. The van der Waals surface area contributed by atoms with E-state index >= 15 is 0 Å². The zero-order valence-electron chi connectivity index (χ0n) is 8.34. The first-order valence-corrected chi connectivity index (χ1v) is 6.91. The fourth-order valence-electron chi connectivity index (χ4n) is 1.67. The molecule has 0 amide bonds. The summed E-state index contributed by atoms with van der Waals surface area (Å²) in [7, 11) is -3.07. The van der Waals surface area contributed by atoms with Crippen LogP contribution in [-0.4, -0.2) is 17.2 Å². The highest BCUT2D eigenvalue weighted by Gasteiger charge is 2.31. The van der Waals surface area contributed by atoms with Crippen molar-refractivity contribution in [2.75, 3.05) is 12.3 Å². The van der Waals surface area contributed by atoms with E-state index in [0.29, 0.717) is 0 Å². The Morgan fingerprint density at radius 2 is 1.20 bits per heavy atom. The van der Waals surface area contributed by atoms with Crippen LogP contribution in [0.15, 0.2) is 0 Å². The molecule has 15 heavy (non-hydrogen) atoms. The van der Waals surface area contributed by atoms with Crippen LogP contribution in [0.1, 0.15) is 0 Å². The molecule has 0 unspecified atom stereocenters. The summed E-state index contributed by atoms with van der Waals surface area (Å²) >= 11 is 0. The first-order valence-electron chi connectivity index (χ1n) is 4.88. The average Bonchev–Trinajstić information content (AvgIpc) is 2.75. The fraction of sp³-hybridized carbons (Fsp3) is 0.167. The summed E-state index contributed by atoms with van der Waals surface area (Å²) in [5.41, 5.74) is 0. The standard InChI is InChI=1S/C12H13O2P/c13-15(14,9-11-5-1-2-6-11)10-12-7-3-4-8-12/h1-8H,9-10H2,(H,13,14). The van der Waals surface area contributed by atoms with Gasteiger partial charge < -0.3 is 4.89 Å². The van der Waals surface area contributed by atoms with Gasteiger partial charge in [0.15, 0.2) is 0 Å². The van der Waals surface area contributed by atoms with E-state index in [0.717, 1.165) is 11.8 Å². The van der Waals surface area contributed by atoms with Crippen molar-refractivity contribution >= 4 is 7.37 Å². The molecule has 2 rings (SSSR count). The van der Waals surface area contributed by atoms with E-state index in [2.05, 4.69) is 0 Å². The van der Waals surface area contributed by atoms with Crippen LogP contribution >= 0.6 is 7.37 Å². The maximum absolute atomic E-state index is 11.9. The van der Waals surface area contributed by atoms with Gasteiger partial charge in [0.1, 0.15) is 0 Å². The Kier molecular flexibility index (Phi) is 3.90. The lowest BCUT2D eigenvalue weighted by molar-refractivity contribution is 0.480. The molecule has 0 aromatic carbocycles. The van der Waals surface area contributed by atoms with Gasteiger partial charge >= 0.3 is 0 Å². The van der Waals surface area contributed by atoms with Crippen LogP contribution in [0.4, 0.5) is 0 Å². The topological polar surface area (TPSA) is 37.3 Å². The highest BCUT2D eigenvalue weighted by atomic mass is 31.2. The molecule has 0 heterocycles. The van der Waals surface area contributed by atoms with Gasteiger partial charge in [-0.3, -0.25) is 4.57 Å². The molecule has 10 radical (unpaired) electrons. The van der Waals surface area contributed by atoms with E-state index in [1.165, 1.54) is 0 Å². The van der Waals surface area contributed by atoms with Crippen LogP contribution in [0, 0.1) is 63.2 Å². The van der Waals surface area contributed by atoms with Gasteiger partial charge in [0, 0.05) is 12.3 Å². The smallest absolute Gasteiger partial charge is 0.201 e.